The average Bonchev–Trinajstić information content (AvgIpc) is 2.90. The summed E-state index contributed by atoms with van der Waals surface area (Å²) in [4.78, 5) is 0. The van der Waals surface area contributed by atoms with Crippen molar-refractivity contribution >= 4 is 0 Å². The summed E-state index contributed by atoms with van der Waals surface area (Å²) >= 11 is 0. The Kier molecular flexibility index (Phi) is 4.56. The molecule has 12 heteroatoms. The Labute approximate surface area is 120 Å². The molecule has 0 fully saturated rings. The molecule has 134 valence electrons. The molecule has 1 rings (SSSR count). The van der Waals surface area contributed by atoms with Gasteiger partial charge >= 0.3 is 29.9 Å². The number of hydrogen-bond acceptors (Lipinski definition) is 0. The van der Waals surface area contributed by atoms with Crippen LogP contribution < -0.4 is 0 Å². The third-order valence-electron chi connectivity index (χ3n) is 2.96. The lowest BCUT2D eigenvalue weighted by Crippen LogP contribution is -2.66. The van der Waals surface area contributed by atoms with Crippen LogP contribution in [-0.2, 0) is 0 Å². The van der Waals surface area contributed by atoms with E-state index in [1.54, 1.807) is 0 Å². The summed E-state index contributed by atoms with van der Waals surface area (Å²) in [5.41, 5.74) is -1.53. The SMILES string of the molecule is FC(C(F)(F)C1=CCC=C1)C(F)(F)C(F)(F)C(F)(F)C(F)(F)F. The van der Waals surface area contributed by atoms with Crippen molar-refractivity contribution in [2.24, 2.45) is 0 Å². The van der Waals surface area contributed by atoms with Gasteiger partial charge in [0.05, 0.1) is 0 Å². The molecule has 0 N–H and O–H groups in total. The molecule has 0 spiro atoms. The zero-order chi connectivity index (χ0) is 18.5. The Hall–Kier alpha value is -1.36. The fourth-order valence-corrected chi connectivity index (χ4v) is 1.63. The lowest BCUT2D eigenvalue weighted by atomic mass is 9.93. The van der Waals surface area contributed by atoms with Gasteiger partial charge in [-0.15, -0.1) is 0 Å². The zero-order valence-corrected chi connectivity index (χ0v) is 10.6. The molecule has 1 atom stereocenters. The molecule has 0 radical (unpaired) electrons. The van der Waals surface area contributed by atoms with E-state index in [2.05, 4.69) is 0 Å². The van der Waals surface area contributed by atoms with Gasteiger partial charge in [0.1, 0.15) is 0 Å². The lowest BCUT2D eigenvalue weighted by Gasteiger charge is -2.37. The van der Waals surface area contributed by atoms with Crippen LogP contribution in [-0.4, -0.2) is 36.0 Å². The number of halogens is 12. The average molecular weight is 366 g/mol. The van der Waals surface area contributed by atoms with Crippen LogP contribution in [0.4, 0.5) is 52.7 Å². The highest BCUT2D eigenvalue weighted by Gasteiger charge is 2.85. The van der Waals surface area contributed by atoms with Crippen molar-refractivity contribution in [3.8, 4) is 0 Å². The van der Waals surface area contributed by atoms with E-state index in [1.807, 2.05) is 0 Å². The summed E-state index contributed by atoms with van der Waals surface area (Å²) < 4.78 is 153. The maximum Gasteiger partial charge on any atom is 0.460 e. The fraction of sp³-hybridized carbons (Fsp3) is 0.636. The summed E-state index contributed by atoms with van der Waals surface area (Å²) in [5.74, 6) is -27.3. The van der Waals surface area contributed by atoms with Crippen molar-refractivity contribution in [3.05, 3.63) is 23.8 Å². The molecular weight excluding hydrogens is 360 g/mol. The Bertz CT molecular complexity index is 510. The second-order valence-electron chi connectivity index (χ2n) is 4.55. The first-order chi connectivity index (χ1) is 10.0. The van der Waals surface area contributed by atoms with Crippen molar-refractivity contribution in [2.75, 3.05) is 0 Å². The van der Waals surface area contributed by atoms with E-state index in [-0.39, 0.29) is 6.42 Å². The number of hydrogen-bond donors (Lipinski definition) is 0. The maximum absolute atomic E-state index is 13.4. The highest BCUT2D eigenvalue weighted by molar-refractivity contribution is 5.34. The zero-order valence-electron chi connectivity index (χ0n) is 10.6. The highest BCUT2D eigenvalue weighted by atomic mass is 19.4. The van der Waals surface area contributed by atoms with Crippen molar-refractivity contribution in [1.82, 2.24) is 0 Å². The lowest BCUT2D eigenvalue weighted by molar-refractivity contribution is -0.408. The van der Waals surface area contributed by atoms with Crippen LogP contribution in [0.3, 0.4) is 0 Å². The van der Waals surface area contributed by atoms with Gasteiger partial charge < -0.3 is 0 Å². The van der Waals surface area contributed by atoms with Crippen molar-refractivity contribution < 1.29 is 52.7 Å². The topological polar surface area (TPSA) is 0 Å². The van der Waals surface area contributed by atoms with Gasteiger partial charge in [-0.25, -0.2) is 4.39 Å². The number of rotatable bonds is 5. The first-order valence-corrected chi connectivity index (χ1v) is 5.60. The van der Waals surface area contributed by atoms with E-state index in [4.69, 9.17) is 0 Å². The Morgan fingerprint density at radius 3 is 1.61 bits per heavy atom. The molecule has 0 saturated carbocycles. The van der Waals surface area contributed by atoms with E-state index < -0.39 is 41.6 Å². The summed E-state index contributed by atoms with van der Waals surface area (Å²) in [6, 6.07) is 0. The van der Waals surface area contributed by atoms with Gasteiger partial charge in [0.15, 0.2) is 0 Å². The molecule has 0 amide bonds. The molecule has 1 aliphatic carbocycles. The molecule has 0 aromatic heterocycles. The molecular formula is C11H6F12. The fourth-order valence-electron chi connectivity index (χ4n) is 1.63. The van der Waals surface area contributed by atoms with E-state index in [0.717, 1.165) is 6.08 Å². The van der Waals surface area contributed by atoms with E-state index in [1.165, 1.54) is 0 Å². The summed E-state index contributed by atoms with van der Waals surface area (Å²) in [5, 5.41) is 0. The minimum atomic E-state index is -7.44. The summed E-state index contributed by atoms with van der Waals surface area (Å²) in [6.07, 6.45) is -11.1. The first kappa shape index (κ1) is 19.7. The van der Waals surface area contributed by atoms with Crippen LogP contribution in [0.1, 0.15) is 6.42 Å². The van der Waals surface area contributed by atoms with Gasteiger partial charge in [0, 0.05) is 5.57 Å². The van der Waals surface area contributed by atoms with Gasteiger partial charge in [-0.1, -0.05) is 18.2 Å². The molecule has 0 bridgehead atoms. The van der Waals surface area contributed by atoms with E-state index in [9.17, 15) is 52.7 Å². The summed E-state index contributed by atoms with van der Waals surface area (Å²) in [6.45, 7) is 0. The Morgan fingerprint density at radius 2 is 1.26 bits per heavy atom. The maximum atomic E-state index is 13.4. The minimum Gasteiger partial charge on any atom is -0.233 e. The molecule has 0 nitrogen and oxygen atoms in total. The van der Waals surface area contributed by atoms with Crippen LogP contribution in [0.5, 0.6) is 0 Å². The van der Waals surface area contributed by atoms with Crippen molar-refractivity contribution in [3.63, 3.8) is 0 Å². The molecule has 0 aromatic carbocycles. The molecule has 0 aliphatic heterocycles. The second kappa shape index (κ2) is 5.33. The predicted molar refractivity (Wildman–Crippen MR) is 52.6 cm³/mol. The molecule has 0 heterocycles. The van der Waals surface area contributed by atoms with Crippen molar-refractivity contribution in [2.45, 2.75) is 42.5 Å². The van der Waals surface area contributed by atoms with E-state index in [0.29, 0.717) is 12.2 Å². The quantitative estimate of drug-likeness (QED) is 0.579. The normalized spacial score (nSPS) is 19.0. The third kappa shape index (κ3) is 2.80. The Balaban J connectivity index is 3.31. The van der Waals surface area contributed by atoms with E-state index >= 15 is 0 Å². The van der Waals surface area contributed by atoms with Crippen molar-refractivity contribution in [1.29, 1.82) is 0 Å². The number of alkyl halides is 12. The van der Waals surface area contributed by atoms with Crippen LogP contribution >= 0.6 is 0 Å². The molecule has 0 saturated heterocycles. The second-order valence-corrected chi connectivity index (χ2v) is 4.55. The predicted octanol–water partition coefficient (Wildman–Crippen LogP) is 5.31. The molecule has 23 heavy (non-hydrogen) atoms. The largest absolute Gasteiger partial charge is 0.460 e. The standard InChI is InChI=1S/C11H6F12/c12-6(7(13,14)5-3-1-2-4-5)8(15,16)9(17,18)10(19,20)11(21,22)23/h1,3-4,6H,2H2. The highest BCUT2D eigenvalue weighted by Crippen LogP contribution is 2.56. The summed E-state index contributed by atoms with van der Waals surface area (Å²) in [7, 11) is 0. The van der Waals surface area contributed by atoms with Crippen LogP contribution in [0.2, 0.25) is 0 Å². The van der Waals surface area contributed by atoms with Gasteiger partial charge in [0.2, 0.25) is 6.17 Å². The monoisotopic (exact) mass is 366 g/mol. The Morgan fingerprint density at radius 1 is 0.783 bits per heavy atom. The third-order valence-corrected chi connectivity index (χ3v) is 2.96. The van der Waals surface area contributed by atoms with Gasteiger partial charge in [-0.05, 0) is 6.42 Å². The van der Waals surface area contributed by atoms with Gasteiger partial charge in [0.25, 0.3) is 0 Å². The van der Waals surface area contributed by atoms with Gasteiger partial charge in [-0.3, -0.25) is 0 Å². The molecule has 1 aliphatic rings. The first-order valence-electron chi connectivity index (χ1n) is 5.60. The van der Waals surface area contributed by atoms with Gasteiger partial charge in [-0.2, -0.15) is 48.3 Å². The molecule has 1 unspecified atom stereocenters. The smallest absolute Gasteiger partial charge is 0.233 e. The van der Waals surface area contributed by atoms with Crippen LogP contribution in [0.15, 0.2) is 23.8 Å². The minimum absolute atomic E-state index is 0.307. The van der Waals surface area contributed by atoms with Crippen LogP contribution in [0, 0.1) is 0 Å². The molecule has 0 aromatic rings. The number of allylic oxidation sites excluding steroid dienone is 4. The van der Waals surface area contributed by atoms with Crippen LogP contribution in [0.25, 0.3) is 0 Å².